The van der Waals surface area contributed by atoms with E-state index in [1.165, 1.54) is 23.1 Å². The van der Waals surface area contributed by atoms with Crippen molar-refractivity contribution in [2.75, 3.05) is 24.2 Å². The van der Waals surface area contributed by atoms with Gasteiger partial charge >= 0.3 is 0 Å². The van der Waals surface area contributed by atoms with Crippen LogP contribution in [0.2, 0.25) is 0 Å². The summed E-state index contributed by atoms with van der Waals surface area (Å²) in [5, 5.41) is 22.8. The van der Waals surface area contributed by atoms with Crippen molar-refractivity contribution in [1.82, 2.24) is 15.5 Å². The van der Waals surface area contributed by atoms with Crippen molar-refractivity contribution in [3.05, 3.63) is 0 Å². The monoisotopic (exact) mass is 285 g/mol. The van der Waals surface area contributed by atoms with Gasteiger partial charge in [0.05, 0.1) is 18.2 Å². The van der Waals surface area contributed by atoms with Gasteiger partial charge in [-0.15, -0.1) is 10.2 Å². The SMILES string of the molecule is CCCNc1nnc(SCC(=O)NCCC#N)s1. The van der Waals surface area contributed by atoms with Gasteiger partial charge in [-0.25, -0.2) is 0 Å². The summed E-state index contributed by atoms with van der Waals surface area (Å²) in [6.45, 7) is 3.35. The maximum absolute atomic E-state index is 11.4. The van der Waals surface area contributed by atoms with Crippen LogP contribution in [0, 0.1) is 11.3 Å². The molecular formula is C10H15N5OS2. The Labute approximate surface area is 114 Å². The Bertz CT molecular complexity index is 415. The van der Waals surface area contributed by atoms with Crippen LogP contribution in [0.1, 0.15) is 19.8 Å². The average molecular weight is 285 g/mol. The summed E-state index contributed by atoms with van der Waals surface area (Å²) in [6.07, 6.45) is 1.36. The van der Waals surface area contributed by atoms with Crippen molar-refractivity contribution in [2.45, 2.75) is 24.1 Å². The topological polar surface area (TPSA) is 90.7 Å². The van der Waals surface area contributed by atoms with Gasteiger partial charge in [0.15, 0.2) is 4.34 Å². The number of anilines is 1. The molecule has 0 fully saturated rings. The molecule has 0 saturated carbocycles. The molecule has 18 heavy (non-hydrogen) atoms. The molecule has 98 valence electrons. The smallest absolute Gasteiger partial charge is 0.230 e. The second-order valence-corrected chi connectivity index (χ2v) is 5.55. The van der Waals surface area contributed by atoms with Gasteiger partial charge in [0.2, 0.25) is 11.0 Å². The van der Waals surface area contributed by atoms with Crippen molar-refractivity contribution in [3.63, 3.8) is 0 Å². The first kappa shape index (κ1) is 14.7. The predicted octanol–water partition coefficient (Wildman–Crippen LogP) is 1.48. The summed E-state index contributed by atoms with van der Waals surface area (Å²) in [4.78, 5) is 11.4. The number of amides is 1. The number of hydrogen-bond donors (Lipinski definition) is 2. The van der Waals surface area contributed by atoms with E-state index in [9.17, 15) is 4.79 Å². The second kappa shape index (κ2) is 8.72. The Morgan fingerprint density at radius 1 is 1.50 bits per heavy atom. The maximum Gasteiger partial charge on any atom is 0.230 e. The molecule has 0 aliphatic carbocycles. The van der Waals surface area contributed by atoms with E-state index in [-0.39, 0.29) is 5.91 Å². The number of thioether (sulfide) groups is 1. The molecule has 0 unspecified atom stereocenters. The molecule has 6 nitrogen and oxygen atoms in total. The third kappa shape index (κ3) is 5.84. The quantitative estimate of drug-likeness (QED) is 0.555. The molecule has 0 aliphatic rings. The van der Waals surface area contributed by atoms with E-state index in [4.69, 9.17) is 5.26 Å². The lowest BCUT2D eigenvalue weighted by molar-refractivity contribution is -0.118. The normalized spacial score (nSPS) is 9.78. The zero-order chi connectivity index (χ0) is 13.2. The molecule has 0 aliphatic heterocycles. The summed E-state index contributed by atoms with van der Waals surface area (Å²) >= 11 is 2.79. The molecule has 0 aromatic carbocycles. The molecule has 0 radical (unpaired) electrons. The lowest BCUT2D eigenvalue weighted by Gasteiger charge is -1.99. The summed E-state index contributed by atoms with van der Waals surface area (Å²) in [6, 6.07) is 1.97. The largest absolute Gasteiger partial charge is 0.360 e. The molecule has 2 N–H and O–H groups in total. The highest BCUT2D eigenvalue weighted by Crippen LogP contribution is 2.24. The number of nitrogens with zero attached hydrogens (tertiary/aromatic N) is 3. The Morgan fingerprint density at radius 3 is 3.06 bits per heavy atom. The van der Waals surface area contributed by atoms with E-state index in [1.54, 1.807) is 0 Å². The molecule has 8 heteroatoms. The number of carbonyl (C=O) groups is 1. The number of rotatable bonds is 8. The van der Waals surface area contributed by atoms with Crippen molar-refractivity contribution in [2.24, 2.45) is 0 Å². The minimum atomic E-state index is -0.0893. The van der Waals surface area contributed by atoms with Crippen LogP contribution in [-0.2, 0) is 4.79 Å². The molecule has 0 saturated heterocycles. The van der Waals surface area contributed by atoms with E-state index in [2.05, 4.69) is 27.8 Å². The van der Waals surface area contributed by atoms with E-state index in [0.29, 0.717) is 18.7 Å². The van der Waals surface area contributed by atoms with Crippen molar-refractivity contribution in [1.29, 1.82) is 5.26 Å². The summed E-state index contributed by atoms with van der Waals surface area (Å²) in [5.74, 6) is 0.210. The van der Waals surface area contributed by atoms with Crippen LogP contribution in [0.25, 0.3) is 0 Å². The number of nitriles is 1. The maximum atomic E-state index is 11.4. The van der Waals surface area contributed by atoms with Crippen LogP contribution >= 0.6 is 23.1 Å². The zero-order valence-electron chi connectivity index (χ0n) is 10.1. The first-order valence-electron chi connectivity index (χ1n) is 5.60. The molecule has 1 heterocycles. The lowest BCUT2D eigenvalue weighted by atomic mass is 10.4. The lowest BCUT2D eigenvalue weighted by Crippen LogP contribution is -2.25. The summed E-state index contributed by atoms with van der Waals surface area (Å²) in [7, 11) is 0. The van der Waals surface area contributed by atoms with E-state index in [0.717, 1.165) is 22.4 Å². The minimum absolute atomic E-state index is 0.0893. The van der Waals surface area contributed by atoms with Gasteiger partial charge in [0.25, 0.3) is 0 Å². The Kier molecular flexibility index (Phi) is 7.13. The van der Waals surface area contributed by atoms with Crippen LogP contribution in [0.5, 0.6) is 0 Å². The molecule has 1 aromatic heterocycles. The zero-order valence-corrected chi connectivity index (χ0v) is 11.7. The van der Waals surface area contributed by atoms with E-state index in [1.807, 2.05) is 6.07 Å². The first-order valence-corrected chi connectivity index (χ1v) is 7.40. The van der Waals surface area contributed by atoms with Gasteiger partial charge in [0.1, 0.15) is 0 Å². The van der Waals surface area contributed by atoms with Crippen LogP contribution in [-0.4, -0.2) is 34.9 Å². The fourth-order valence-corrected chi connectivity index (χ4v) is 2.62. The highest BCUT2D eigenvalue weighted by atomic mass is 32.2. The number of hydrogen-bond acceptors (Lipinski definition) is 7. The van der Waals surface area contributed by atoms with E-state index < -0.39 is 0 Å². The standard InChI is InChI=1S/C10H15N5OS2/c1-2-5-13-9-14-15-10(18-9)17-7-8(16)12-6-3-4-11/h2-3,5-7H2,1H3,(H,12,16)(H,13,14). The van der Waals surface area contributed by atoms with Gasteiger partial charge in [-0.2, -0.15) is 5.26 Å². The fourth-order valence-electron chi connectivity index (χ4n) is 1.01. The van der Waals surface area contributed by atoms with Gasteiger partial charge < -0.3 is 10.6 Å². The summed E-state index contributed by atoms with van der Waals surface area (Å²) in [5.41, 5.74) is 0. The molecule has 0 atom stereocenters. The first-order chi connectivity index (χ1) is 8.76. The Hall–Kier alpha value is -1.33. The van der Waals surface area contributed by atoms with Crippen molar-refractivity contribution >= 4 is 34.1 Å². The van der Waals surface area contributed by atoms with Crippen molar-refractivity contribution in [3.8, 4) is 6.07 Å². The molecule has 1 aromatic rings. The Balaban J connectivity index is 2.24. The van der Waals surface area contributed by atoms with Gasteiger partial charge in [0, 0.05) is 13.1 Å². The molecule has 1 rings (SSSR count). The predicted molar refractivity (Wildman–Crippen MR) is 72.7 cm³/mol. The van der Waals surface area contributed by atoms with Gasteiger partial charge in [-0.3, -0.25) is 4.79 Å². The van der Waals surface area contributed by atoms with Crippen LogP contribution < -0.4 is 10.6 Å². The van der Waals surface area contributed by atoms with E-state index >= 15 is 0 Å². The average Bonchev–Trinajstić information content (AvgIpc) is 2.82. The van der Waals surface area contributed by atoms with Crippen molar-refractivity contribution < 1.29 is 4.79 Å². The molecule has 1 amide bonds. The number of carbonyl (C=O) groups excluding carboxylic acids is 1. The highest BCUT2D eigenvalue weighted by Gasteiger charge is 2.07. The van der Waals surface area contributed by atoms with Gasteiger partial charge in [-0.1, -0.05) is 30.0 Å². The second-order valence-electron chi connectivity index (χ2n) is 3.35. The Morgan fingerprint density at radius 2 is 2.33 bits per heavy atom. The van der Waals surface area contributed by atoms with Crippen LogP contribution in [0.4, 0.5) is 5.13 Å². The molecule has 0 spiro atoms. The summed E-state index contributed by atoms with van der Waals surface area (Å²) < 4.78 is 0.768. The van der Waals surface area contributed by atoms with Crippen LogP contribution in [0.15, 0.2) is 4.34 Å². The molecular weight excluding hydrogens is 270 g/mol. The molecule has 0 bridgehead atoms. The third-order valence-corrected chi connectivity index (χ3v) is 3.83. The minimum Gasteiger partial charge on any atom is -0.360 e. The fraction of sp³-hybridized carbons (Fsp3) is 0.600. The highest BCUT2D eigenvalue weighted by molar-refractivity contribution is 8.01. The van der Waals surface area contributed by atoms with Crippen LogP contribution in [0.3, 0.4) is 0 Å². The number of aromatic nitrogens is 2. The van der Waals surface area contributed by atoms with Gasteiger partial charge in [-0.05, 0) is 6.42 Å². The number of nitrogens with one attached hydrogen (secondary N) is 2. The third-order valence-electron chi connectivity index (χ3n) is 1.82.